The molecule has 0 aliphatic rings. The maximum absolute atomic E-state index is 5.88. The third kappa shape index (κ3) is 2.21. The van der Waals surface area contributed by atoms with Crippen molar-refractivity contribution in [3.8, 4) is 11.3 Å². The Kier molecular flexibility index (Phi) is 3.47. The van der Waals surface area contributed by atoms with E-state index in [4.69, 9.17) is 23.8 Å². The van der Waals surface area contributed by atoms with E-state index >= 15 is 0 Å². The van der Waals surface area contributed by atoms with Crippen LogP contribution in [0, 0.1) is 3.95 Å². The first-order valence-corrected chi connectivity index (χ1v) is 6.72. The topological polar surface area (TPSA) is 4.93 Å². The van der Waals surface area contributed by atoms with Crippen molar-refractivity contribution in [2.24, 2.45) is 0 Å². The maximum atomic E-state index is 5.88. The normalized spacial score (nSPS) is 11.0. The maximum Gasteiger partial charge on any atom is 0.161 e. The number of halogens is 1. The molecule has 0 aliphatic carbocycles. The third-order valence-electron chi connectivity index (χ3n) is 2.38. The van der Waals surface area contributed by atoms with Gasteiger partial charge in [0, 0.05) is 16.4 Å². The van der Waals surface area contributed by atoms with Gasteiger partial charge in [0.2, 0.25) is 0 Å². The summed E-state index contributed by atoms with van der Waals surface area (Å²) in [4.78, 5) is 0. The molecule has 0 amide bonds. The number of thiazole rings is 1. The Hall–Kier alpha value is -0.640. The zero-order chi connectivity index (χ0) is 11.7. The summed E-state index contributed by atoms with van der Waals surface area (Å²) in [5, 5.41) is 2.86. The predicted molar refractivity (Wildman–Crippen MR) is 74.0 cm³/mol. The molecule has 1 nitrogen and oxygen atoms in total. The van der Waals surface area contributed by atoms with Crippen molar-refractivity contribution < 1.29 is 0 Å². The first-order valence-electron chi connectivity index (χ1n) is 5.05. The summed E-state index contributed by atoms with van der Waals surface area (Å²) >= 11 is 12.8. The second-order valence-corrected chi connectivity index (χ2v) is 5.80. The lowest BCUT2D eigenvalue weighted by Gasteiger charge is -2.12. The highest BCUT2D eigenvalue weighted by molar-refractivity contribution is 7.73. The largest absolute Gasteiger partial charge is 0.320 e. The predicted octanol–water partition coefficient (Wildman–Crippen LogP) is 5.18. The van der Waals surface area contributed by atoms with Gasteiger partial charge >= 0.3 is 0 Å². The number of aromatic nitrogens is 1. The fourth-order valence-corrected chi connectivity index (χ4v) is 3.10. The van der Waals surface area contributed by atoms with Gasteiger partial charge in [0.25, 0.3) is 0 Å². The Balaban J connectivity index is 2.56. The Morgan fingerprint density at radius 1 is 1.25 bits per heavy atom. The van der Waals surface area contributed by atoms with E-state index in [0.29, 0.717) is 6.04 Å². The number of benzene rings is 1. The molecule has 0 atom stereocenters. The van der Waals surface area contributed by atoms with E-state index in [2.05, 4.69) is 23.8 Å². The highest BCUT2D eigenvalue weighted by atomic mass is 35.5. The van der Waals surface area contributed by atoms with E-state index in [1.807, 2.05) is 24.3 Å². The zero-order valence-corrected chi connectivity index (χ0v) is 11.5. The molecule has 0 N–H and O–H groups in total. The Labute approximate surface area is 109 Å². The van der Waals surface area contributed by atoms with E-state index in [9.17, 15) is 0 Å². The molecule has 1 heterocycles. The molecule has 0 radical (unpaired) electrons. The molecule has 0 spiro atoms. The second kappa shape index (κ2) is 4.70. The van der Waals surface area contributed by atoms with E-state index in [0.717, 1.165) is 14.5 Å². The van der Waals surface area contributed by atoms with Gasteiger partial charge in [-0.15, -0.1) is 11.3 Å². The molecule has 4 heteroatoms. The molecule has 2 aromatic rings. The van der Waals surface area contributed by atoms with Gasteiger partial charge < -0.3 is 4.57 Å². The highest BCUT2D eigenvalue weighted by Gasteiger charge is 2.09. The molecule has 0 aliphatic heterocycles. The summed E-state index contributed by atoms with van der Waals surface area (Å²) in [6.45, 7) is 4.28. The number of hydrogen-bond donors (Lipinski definition) is 0. The summed E-state index contributed by atoms with van der Waals surface area (Å²) < 4.78 is 3.09. The van der Waals surface area contributed by atoms with E-state index < -0.39 is 0 Å². The number of rotatable bonds is 2. The van der Waals surface area contributed by atoms with Gasteiger partial charge in [0.1, 0.15) is 0 Å². The van der Waals surface area contributed by atoms with Gasteiger partial charge in [-0.1, -0.05) is 23.7 Å². The Bertz CT molecular complexity index is 537. The average molecular weight is 270 g/mol. The lowest BCUT2D eigenvalue weighted by atomic mass is 10.1. The molecule has 0 saturated heterocycles. The van der Waals surface area contributed by atoms with E-state index in [-0.39, 0.29) is 0 Å². The summed E-state index contributed by atoms with van der Waals surface area (Å²) in [6, 6.07) is 8.24. The smallest absolute Gasteiger partial charge is 0.161 e. The monoisotopic (exact) mass is 269 g/mol. The molecular formula is C12H12ClNS2. The molecule has 2 rings (SSSR count). The standard InChI is InChI=1S/C12H12ClNS2/c1-8(2)14-11(7-16-12(14)15)9-3-5-10(13)6-4-9/h3-8H,1-2H3. The van der Waals surface area contributed by atoms with Crippen LogP contribution >= 0.6 is 35.2 Å². The van der Waals surface area contributed by atoms with Gasteiger partial charge in [-0.3, -0.25) is 0 Å². The summed E-state index contributed by atoms with van der Waals surface area (Å²) in [5.74, 6) is 0. The summed E-state index contributed by atoms with van der Waals surface area (Å²) in [5.41, 5.74) is 2.33. The van der Waals surface area contributed by atoms with Crippen LogP contribution < -0.4 is 0 Å². The first-order chi connectivity index (χ1) is 7.59. The van der Waals surface area contributed by atoms with Crippen LogP contribution in [0.2, 0.25) is 5.02 Å². The SMILES string of the molecule is CC(C)n1c(-c2ccc(Cl)cc2)csc1=S. The molecule has 1 aromatic heterocycles. The van der Waals surface area contributed by atoms with Crippen molar-refractivity contribution in [3.63, 3.8) is 0 Å². The molecule has 0 fully saturated rings. The molecule has 0 unspecified atom stereocenters. The molecular weight excluding hydrogens is 258 g/mol. The van der Waals surface area contributed by atoms with Gasteiger partial charge in [0.15, 0.2) is 3.95 Å². The van der Waals surface area contributed by atoms with Crippen LogP contribution in [-0.4, -0.2) is 4.57 Å². The van der Waals surface area contributed by atoms with Crippen LogP contribution in [0.5, 0.6) is 0 Å². The Morgan fingerprint density at radius 2 is 1.88 bits per heavy atom. The van der Waals surface area contributed by atoms with E-state index in [1.54, 1.807) is 11.3 Å². The quantitative estimate of drug-likeness (QED) is 0.680. The van der Waals surface area contributed by atoms with Crippen LogP contribution in [0.3, 0.4) is 0 Å². The molecule has 16 heavy (non-hydrogen) atoms. The van der Waals surface area contributed by atoms with Crippen molar-refractivity contribution in [1.29, 1.82) is 0 Å². The fraction of sp³-hybridized carbons (Fsp3) is 0.250. The second-order valence-electron chi connectivity index (χ2n) is 3.86. The van der Waals surface area contributed by atoms with Crippen LogP contribution in [0.25, 0.3) is 11.3 Å². The first kappa shape index (κ1) is 11.8. The minimum Gasteiger partial charge on any atom is -0.320 e. The van der Waals surface area contributed by atoms with Gasteiger partial charge in [-0.25, -0.2) is 0 Å². The lowest BCUT2D eigenvalue weighted by molar-refractivity contribution is 0.606. The van der Waals surface area contributed by atoms with Crippen molar-refractivity contribution in [2.75, 3.05) is 0 Å². The molecule has 84 valence electrons. The summed E-state index contributed by atoms with van der Waals surface area (Å²) in [7, 11) is 0. The molecule has 0 bridgehead atoms. The summed E-state index contributed by atoms with van der Waals surface area (Å²) in [6.07, 6.45) is 0. The minimum atomic E-state index is 0.379. The minimum absolute atomic E-state index is 0.379. The van der Waals surface area contributed by atoms with Gasteiger partial charge in [-0.2, -0.15) is 0 Å². The zero-order valence-electron chi connectivity index (χ0n) is 9.11. The van der Waals surface area contributed by atoms with Crippen molar-refractivity contribution in [1.82, 2.24) is 4.57 Å². The van der Waals surface area contributed by atoms with Crippen molar-refractivity contribution in [3.05, 3.63) is 38.6 Å². The van der Waals surface area contributed by atoms with Gasteiger partial charge in [0.05, 0.1) is 5.69 Å². The van der Waals surface area contributed by atoms with Crippen molar-refractivity contribution >= 4 is 35.2 Å². The van der Waals surface area contributed by atoms with Crippen LogP contribution in [0.15, 0.2) is 29.6 Å². The third-order valence-corrected chi connectivity index (χ3v) is 3.86. The van der Waals surface area contributed by atoms with E-state index in [1.165, 1.54) is 5.69 Å². The lowest BCUT2D eigenvalue weighted by Crippen LogP contribution is -2.02. The number of hydrogen-bond acceptors (Lipinski definition) is 2. The van der Waals surface area contributed by atoms with Crippen molar-refractivity contribution in [2.45, 2.75) is 19.9 Å². The van der Waals surface area contributed by atoms with Gasteiger partial charge in [-0.05, 0) is 43.8 Å². The Morgan fingerprint density at radius 3 is 2.44 bits per heavy atom. The average Bonchev–Trinajstić information content (AvgIpc) is 2.61. The van der Waals surface area contributed by atoms with Crippen LogP contribution in [0.1, 0.15) is 19.9 Å². The highest BCUT2D eigenvalue weighted by Crippen LogP contribution is 2.28. The fourth-order valence-electron chi connectivity index (χ4n) is 1.63. The molecule has 0 saturated carbocycles. The van der Waals surface area contributed by atoms with Crippen LogP contribution in [0.4, 0.5) is 0 Å². The molecule has 1 aromatic carbocycles. The number of nitrogens with zero attached hydrogens (tertiary/aromatic N) is 1. The van der Waals surface area contributed by atoms with Crippen LogP contribution in [-0.2, 0) is 0 Å².